The lowest BCUT2D eigenvalue weighted by atomic mass is 9.59. The van der Waals surface area contributed by atoms with E-state index in [0.29, 0.717) is 99.8 Å². The number of piperazine rings is 1. The van der Waals surface area contributed by atoms with Crippen LogP contribution in [0.2, 0.25) is 0 Å². The van der Waals surface area contributed by atoms with E-state index in [2.05, 4.69) is 34.5 Å². The molecule has 3 aromatic carbocycles. The van der Waals surface area contributed by atoms with Gasteiger partial charge in [0.2, 0.25) is 5.88 Å². The number of aromatic nitrogens is 2. The fourth-order valence-electron chi connectivity index (χ4n) is 13.7. The van der Waals surface area contributed by atoms with Crippen LogP contribution in [0.25, 0.3) is 11.0 Å². The molecule has 428 valence electrons. The Hall–Kier alpha value is -6.24. The normalized spacial score (nSPS) is 26.0. The number of benzene rings is 3. The maximum absolute atomic E-state index is 14.8. The molecule has 2 aromatic heterocycles. The van der Waals surface area contributed by atoms with Crippen molar-refractivity contribution in [1.29, 1.82) is 0 Å². The van der Waals surface area contributed by atoms with Crippen LogP contribution in [0.3, 0.4) is 0 Å². The van der Waals surface area contributed by atoms with E-state index >= 15 is 0 Å². The SMILES string of the molecule is CC1(O)CCC(CNc2ccc(S(=O)(=O)NC(=O)c3ccc(N4CCC5(CC4)CC(N4CCN(C6CCOCC6)C[C@H]4c4ccccc4OC(F)(F)F)C5)cc3N3c4cc5cc[nH]c5nc4O[C@H]4COCC[C@@H]43)cc2[N+](=O)[O-])CC1. The van der Waals surface area contributed by atoms with Crippen LogP contribution < -0.4 is 29.3 Å². The van der Waals surface area contributed by atoms with E-state index in [1.807, 2.05) is 29.2 Å². The molecule has 4 saturated heterocycles. The summed E-state index contributed by atoms with van der Waals surface area (Å²) in [7, 11) is -4.68. The van der Waals surface area contributed by atoms with Crippen molar-refractivity contribution in [1.82, 2.24) is 24.5 Å². The van der Waals surface area contributed by atoms with E-state index in [4.69, 9.17) is 19.2 Å². The molecular formula is C57H68F3N9O10S. The third-order valence-electron chi connectivity index (χ3n) is 18.2. The van der Waals surface area contributed by atoms with Gasteiger partial charge in [-0.25, -0.2) is 13.1 Å². The monoisotopic (exact) mass is 1130 g/mol. The van der Waals surface area contributed by atoms with Crippen LogP contribution in [-0.2, 0) is 19.5 Å². The number of nitro benzene ring substituents is 1. The lowest BCUT2D eigenvalue weighted by Crippen LogP contribution is -2.61. The summed E-state index contributed by atoms with van der Waals surface area (Å²) in [6.07, 6.45) is 4.97. The molecular weight excluding hydrogens is 1060 g/mol. The van der Waals surface area contributed by atoms with Crippen LogP contribution in [0.4, 0.5) is 41.6 Å². The summed E-state index contributed by atoms with van der Waals surface area (Å²) >= 11 is 0. The number of anilines is 4. The largest absolute Gasteiger partial charge is 0.573 e. The predicted molar refractivity (Wildman–Crippen MR) is 292 cm³/mol. The van der Waals surface area contributed by atoms with Crippen molar-refractivity contribution in [2.75, 3.05) is 80.8 Å². The topological polar surface area (TPSA) is 217 Å². The maximum atomic E-state index is 14.8. The molecule has 4 N–H and O–H groups in total. The number of carbonyl (C=O) groups excluding carboxylic acids is 1. The zero-order chi connectivity index (χ0) is 55.6. The minimum Gasteiger partial charge on any atom is -0.468 e. The van der Waals surface area contributed by atoms with Crippen molar-refractivity contribution in [2.45, 2.75) is 125 Å². The smallest absolute Gasteiger partial charge is 0.468 e. The minimum absolute atomic E-state index is 0.0243. The molecule has 19 nitrogen and oxygen atoms in total. The van der Waals surface area contributed by atoms with E-state index in [-0.39, 0.29) is 53.1 Å². The van der Waals surface area contributed by atoms with E-state index in [9.17, 15) is 41.6 Å². The number of nitro groups is 1. The van der Waals surface area contributed by atoms with Gasteiger partial charge in [-0.2, -0.15) is 4.98 Å². The van der Waals surface area contributed by atoms with E-state index in [0.717, 1.165) is 81.6 Å². The van der Waals surface area contributed by atoms with Crippen molar-refractivity contribution in [2.24, 2.45) is 11.3 Å². The number of aromatic amines is 1. The number of aliphatic hydroxyl groups is 1. The number of piperidine rings is 1. The molecule has 1 spiro atoms. The second-order valence-electron chi connectivity index (χ2n) is 23.3. The fraction of sp³-hybridized carbons (Fsp3) is 0.544. The predicted octanol–water partition coefficient (Wildman–Crippen LogP) is 8.82. The zero-order valence-corrected chi connectivity index (χ0v) is 45.5. The first-order valence-electron chi connectivity index (χ1n) is 28.0. The Balaban J connectivity index is 0.805. The number of para-hydroxylation sites is 1. The minimum atomic E-state index is -4.83. The average molecular weight is 1130 g/mol. The number of fused-ring (bicyclic) bond motifs is 3. The van der Waals surface area contributed by atoms with Crippen molar-refractivity contribution >= 4 is 55.4 Å². The molecule has 2 saturated carbocycles. The highest BCUT2D eigenvalue weighted by Crippen LogP contribution is 2.54. The molecule has 0 unspecified atom stereocenters. The number of pyridine rings is 1. The van der Waals surface area contributed by atoms with Crippen molar-refractivity contribution < 1.29 is 55.4 Å². The summed E-state index contributed by atoms with van der Waals surface area (Å²) in [5.74, 6) is -0.615. The molecule has 7 heterocycles. The fourth-order valence-corrected chi connectivity index (χ4v) is 14.7. The number of hydrogen-bond acceptors (Lipinski definition) is 16. The molecule has 7 aliphatic rings. The van der Waals surface area contributed by atoms with Gasteiger partial charge in [0, 0.05) is 100 Å². The molecule has 5 aromatic rings. The second kappa shape index (κ2) is 21.6. The molecule has 0 bridgehead atoms. The van der Waals surface area contributed by atoms with Gasteiger partial charge in [-0.1, -0.05) is 18.2 Å². The molecule has 12 rings (SSSR count). The molecule has 2 aliphatic carbocycles. The summed E-state index contributed by atoms with van der Waals surface area (Å²) in [6, 6.07) is 19.1. The van der Waals surface area contributed by atoms with Gasteiger partial charge in [0.25, 0.3) is 21.6 Å². The van der Waals surface area contributed by atoms with Gasteiger partial charge >= 0.3 is 6.36 Å². The summed E-state index contributed by atoms with van der Waals surface area (Å²) < 4.78 is 94.9. The third kappa shape index (κ3) is 11.1. The molecule has 0 radical (unpaired) electrons. The Bertz CT molecular complexity index is 3220. The number of rotatable bonds is 13. The number of nitrogens with zero attached hydrogens (tertiary/aromatic N) is 6. The number of nitrogens with one attached hydrogen (secondary N) is 3. The molecule has 3 atom stereocenters. The van der Waals surface area contributed by atoms with Crippen molar-refractivity contribution in [3.05, 3.63) is 100 Å². The number of alkyl halides is 3. The van der Waals surface area contributed by atoms with Crippen LogP contribution in [0.5, 0.6) is 11.6 Å². The number of H-pyrrole nitrogens is 1. The number of halogens is 3. The Morgan fingerprint density at radius 3 is 2.44 bits per heavy atom. The van der Waals surface area contributed by atoms with E-state index in [1.165, 1.54) is 18.2 Å². The van der Waals surface area contributed by atoms with Gasteiger partial charge in [0.15, 0.2) is 0 Å². The van der Waals surface area contributed by atoms with Crippen LogP contribution in [0, 0.1) is 21.4 Å². The number of hydrogen-bond donors (Lipinski definition) is 4. The second-order valence-corrected chi connectivity index (χ2v) is 25.0. The van der Waals surface area contributed by atoms with E-state index in [1.54, 1.807) is 37.4 Å². The van der Waals surface area contributed by atoms with Crippen LogP contribution in [-0.4, -0.2) is 146 Å². The van der Waals surface area contributed by atoms with Gasteiger partial charge in [0.1, 0.15) is 28.9 Å². The standard InChI is InChI=1S/C57H68F3N9O10S/c1-55(71)16-10-36(11-17-55)33-62-44-9-7-41(30-47(44)69(72)73)80(74,75)64-53(70)43-8-6-39(29-46(43)68-45-15-27-77-35-51(45)78-54-48(68)28-37-12-20-61-52(37)63-54)65-21-18-56(19-22-65)31-40(32-56)67-24-23-66(38-13-25-76-26-14-38)34-49(67)42-4-2-3-5-50(42)79-57(58,59)60/h2-9,12,20,28-30,36,38,40,45,49,51,62,71H,10-11,13-19,21-27,31-35H2,1H3,(H,61,63)(H,64,70)/t36?,45-,49-,51-,55?/m0/s1. The molecule has 6 fully saturated rings. The number of sulfonamides is 1. The quantitative estimate of drug-likeness (QED) is 0.0640. The summed E-state index contributed by atoms with van der Waals surface area (Å²) in [4.78, 5) is 43.2. The molecule has 23 heteroatoms. The van der Waals surface area contributed by atoms with Gasteiger partial charge in [0.05, 0.1) is 45.4 Å². The van der Waals surface area contributed by atoms with Crippen LogP contribution >= 0.6 is 0 Å². The first kappa shape index (κ1) is 54.4. The Labute approximate surface area is 462 Å². The highest BCUT2D eigenvalue weighted by atomic mass is 32.2. The van der Waals surface area contributed by atoms with E-state index < -0.39 is 49.5 Å². The highest BCUT2D eigenvalue weighted by Gasteiger charge is 2.51. The third-order valence-corrected chi connectivity index (χ3v) is 19.5. The van der Waals surface area contributed by atoms with Crippen LogP contribution in [0.1, 0.15) is 99.5 Å². The average Bonchev–Trinajstić information content (AvgIpc) is 3.55. The number of amides is 1. The Morgan fingerprint density at radius 2 is 1.68 bits per heavy atom. The molecule has 5 aliphatic heterocycles. The van der Waals surface area contributed by atoms with Gasteiger partial charge < -0.3 is 44.2 Å². The van der Waals surface area contributed by atoms with Gasteiger partial charge in [-0.15, -0.1) is 13.2 Å². The summed E-state index contributed by atoms with van der Waals surface area (Å²) in [5, 5.41) is 26.7. The van der Waals surface area contributed by atoms with Crippen LogP contribution in [0.15, 0.2) is 83.9 Å². The Kier molecular flexibility index (Phi) is 14.7. The van der Waals surface area contributed by atoms with Gasteiger partial charge in [-0.3, -0.25) is 24.7 Å². The molecule has 80 heavy (non-hydrogen) atoms. The first-order valence-corrected chi connectivity index (χ1v) is 29.5. The lowest BCUT2D eigenvalue weighted by molar-refractivity contribution is -0.384. The number of ether oxygens (including phenoxy) is 4. The zero-order valence-electron chi connectivity index (χ0n) is 44.7. The van der Waals surface area contributed by atoms with Gasteiger partial charge in [-0.05, 0) is 137 Å². The number of carbonyl (C=O) groups is 1. The molecule has 1 amide bonds. The highest BCUT2D eigenvalue weighted by molar-refractivity contribution is 7.90. The summed E-state index contributed by atoms with van der Waals surface area (Å²) in [6.45, 7) is 7.72. The van der Waals surface area contributed by atoms with Crippen molar-refractivity contribution in [3.63, 3.8) is 0 Å². The maximum Gasteiger partial charge on any atom is 0.573 e. The summed E-state index contributed by atoms with van der Waals surface area (Å²) in [5.41, 5.74) is 1.99. The Morgan fingerprint density at radius 1 is 0.912 bits per heavy atom. The lowest BCUT2D eigenvalue weighted by Gasteiger charge is -2.58. The first-order chi connectivity index (χ1) is 38.4. The van der Waals surface area contributed by atoms with Crippen molar-refractivity contribution in [3.8, 4) is 11.6 Å².